The molecule has 2 rings (SSSR count). The first-order valence-electron chi connectivity index (χ1n) is 4.90. The van der Waals surface area contributed by atoms with Gasteiger partial charge in [0.15, 0.2) is 0 Å². The highest BCUT2D eigenvalue weighted by molar-refractivity contribution is 7.89. The van der Waals surface area contributed by atoms with Crippen LogP contribution in [0.1, 0.15) is 0 Å². The molecule has 0 aliphatic heterocycles. The van der Waals surface area contributed by atoms with Crippen molar-refractivity contribution in [1.29, 1.82) is 0 Å². The van der Waals surface area contributed by atoms with Gasteiger partial charge in [-0.25, -0.2) is 13.6 Å². The molecule has 0 aliphatic rings. The summed E-state index contributed by atoms with van der Waals surface area (Å²) >= 11 is 4.29. The van der Waals surface area contributed by atoms with Crippen LogP contribution in [-0.4, -0.2) is 8.42 Å². The number of rotatable bonds is 2. The average molecular weight is 265 g/mol. The van der Waals surface area contributed by atoms with E-state index in [1.54, 1.807) is 12.1 Å². The Morgan fingerprint density at radius 3 is 2.18 bits per heavy atom. The lowest BCUT2D eigenvalue weighted by Gasteiger charge is -2.10. The smallest absolute Gasteiger partial charge is 0.225 e. The van der Waals surface area contributed by atoms with Crippen LogP contribution in [0.2, 0.25) is 0 Å². The van der Waals surface area contributed by atoms with E-state index in [0.29, 0.717) is 10.5 Å². The second-order valence-corrected chi connectivity index (χ2v) is 5.57. The molecule has 0 amide bonds. The van der Waals surface area contributed by atoms with Crippen LogP contribution in [0.15, 0.2) is 58.3 Å². The molecule has 0 radical (unpaired) electrons. The number of thiol groups is 1. The van der Waals surface area contributed by atoms with Crippen molar-refractivity contribution in [3.63, 3.8) is 0 Å². The van der Waals surface area contributed by atoms with E-state index in [4.69, 9.17) is 5.14 Å². The van der Waals surface area contributed by atoms with E-state index in [2.05, 4.69) is 12.6 Å². The summed E-state index contributed by atoms with van der Waals surface area (Å²) < 4.78 is 23.0. The Kier molecular flexibility index (Phi) is 3.24. The van der Waals surface area contributed by atoms with E-state index in [9.17, 15) is 8.42 Å². The molecule has 0 aromatic heterocycles. The standard InChI is InChI=1S/C12H11NO2S2/c13-17(14,15)11-8-4-7-10(16)12(11)9-5-2-1-3-6-9/h1-8,16H,(H2,13,14,15). The Bertz CT molecular complexity index is 637. The van der Waals surface area contributed by atoms with Crippen molar-refractivity contribution >= 4 is 22.7 Å². The molecule has 2 aromatic rings. The Morgan fingerprint density at radius 2 is 1.59 bits per heavy atom. The highest BCUT2D eigenvalue weighted by atomic mass is 32.2. The summed E-state index contributed by atoms with van der Waals surface area (Å²) in [5.41, 5.74) is 1.32. The molecule has 0 aliphatic carbocycles. The maximum atomic E-state index is 11.5. The molecule has 3 nitrogen and oxygen atoms in total. The molecule has 0 bridgehead atoms. The molecule has 0 unspecified atom stereocenters. The molecule has 2 N–H and O–H groups in total. The van der Waals surface area contributed by atoms with Crippen molar-refractivity contribution in [3.8, 4) is 11.1 Å². The average Bonchev–Trinajstić information content (AvgIpc) is 2.28. The Balaban J connectivity index is 2.78. The van der Waals surface area contributed by atoms with Crippen LogP contribution in [0, 0.1) is 0 Å². The normalized spacial score (nSPS) is 11.4. The van der Waals surface area contributed by atoms with Gasteiger partial charge in [-0.1, -0.05) is 36.4 Å². The monoisotopic (exact) mass is 265 g/mol. The number of primary sulfonamides is 1. The van der Waals surface area contributed by atoms with Crippen LogP contribution in [0.3, 0.4) is 0 Å². The lowest BCUT2D eigenvalue weighted by molar-refractivity contribution is 0.598. The number of sulfonamides is 1. The summed E-state index contributed by atoms with van der Waals surface area (Å²) in [7, 11) is -3.75. The molecule has 0 heterocycles. The van der Waals surface area contributed by atoms with Crippen LogP contribution in [0.4, 0.5) is 0 Å². The third-order valence-corrected chi connectivity index (χ3v) is 3.70. The molecular weight excluding hydrogens is 254 g/mol. The van der Waals surface area contributed by atoms with Crippen LogP contribution in [-0.2, 0) is 10.0 Å². The van der Waals surface area contributed by atoms with E-state index >= 15 is 0 Å². The molecule has 17 heavy (non-hydrogen) atoms. The molecule has 0 saturated carbocycles. The SMILES string of the molecule is NS(=O)(=O)c1cccc(S)c1-c1ccccc1. The van der Waals surface area contributed by atoms with Crippen LogP contribution in [0.25, 0.3) is 11.1 Å². The summed E-state index contributed by atoms with van der Waals surface area (Å²) in [6, 6.07) is 14.0. The molecule has 0 fully saturated rings. The zero-order valence-corrected chi connectivity index (χ0v) is 10.6. The van der Waals surface area contributed by atoms with Gasteiger partial charge < -0.3 is 0 Å². The van der Waals surface area contributed by atoms with Gasteiger partial charge in [0.1, 0.15) is 0 Å². The first-order chi connectivity index (χ1) is 8.00. The van der Waals surface area contributed by atoms with Gasteiger partial charge in [0, 0.05) is 10.5 Å². The zero-order chi connectivity index (χ0) is 12.5. The second kappa shape index (κ2) is 4.52. The van der Waals surface area contributed by atoms with E-state index < -0.39 is 10.0 Å². The number of hydrogen-bond acceptors (Lipinski definition) is 3. The predicted molar refractivity (Wildman–Crippen MR) is 70.5 cm³/mol. The summed E-state index contributed by atoms with van der Waals surface area (Å²) in [6.07, 6.45) is 0. The van der Waals surface area contributed by atoms with Crippen LogP contribution >= 0.6 is 12.6 Å². The molecule has 0 saturated heterocycles. The fourth-order valence-electron chi connectivity index (χ4n) is 1.65. The fourth-order valence-corrected chi connectivity index (χ4v) is 2.84. The van der Waals surface area contributed by atoms with Crippen molar-refractivity contribution in [1.82, 2.24) is 0 Å². The minimum Gasteiger partial charge on any atom is -0.225 e. The van der Waals surface area contributed by atoms with Crippen LogP contribution in [0.5, 0.6) is 0 Å². The fraction of sp³-hybridized carbons (Fsp3) is 0. The Labute approximate surface area is 106 Å². The van der Waals surface area contributed by atoms with E-state index in [1.165, 1.54) is 6.07 Å². The van der Waals surface area contributed by atoms with Crippen molar-refractivity contribution in [2.24, 2.45) is 5.14 Å². The molecule has 88 valence electrons. The molecule has 0 spiro atoms. The van der Waals surface area contributed by atoms with Gasteiger partial charge in [0.05, 0.1) is 4.90 Å². The minimum absolute atomic E-state index is 0.0937. The Hall–Kier alpha value is -1.30. The predicted octanol–water partition coefficient (Wildman–Crippen LogP) is 2.29. The van der Waals surface area contributed by atoms with Crippen molar-refractivity contribution in [2.45, 2.75) is 9.79 Å². The van der Waals surface area contributed by atoms with Gasteiger partial charge in [0.25, 0.3) is 0 Å². The van der Waals surface area contributed by atoms with E-state index in [1.807, 2.05) is 30.3 Å². The van der Waals surface area contributed by atoms with Crippen molar-refractivity contribution < 1.29 is 8.42 Å². The molecule has 2 aromatic carbocycles. The largest absolute Gasteiger partial charge is 0.238 e. The Morgan fingerprint density at radius 1 is 0.941 bits per heavy atom. The summed E-state index contributed by atoms with van der Waals surface area (Å²) in [5.74, 6) is 0. The lowest BCUT2D eigenvalue weighted by Crippen LogP contribution is -2.13. The maximum Gasteiger partial charge on any atom is 0.238 e. The third-order valence-electron chi connectivity index (χ3n) is 2.37. The van der Waals surface area contributed by atoms with E-state index in [0.717, 1.165) is 5.56 Å². The number of nitrogens with two attached hydrogens (primary N) is 1. The van der Waals surface area contributed by atoms with Crippen molar-refractivity contribution in [3.05, 3.63) is 48.5 Å². The summed E-state index contributed by atoms with van der Waals surface area (Å²) in [4.78, 5) is 0.680. The quantitative estimate of drug-likeness (QED) is 0.818. The van der Waals surface area contributed by atoms with Crippen molar-refractivity contribution in [2.75, 3.05) is 0 Å². The van der Waals surface area contributed by atoms with Gasteiger partial charge in [-0.05, 0) is 17.7 Å². The maximum absolute atomic E-state index is 11.5. The molecule has 5 heteroatoms. The van der Waals surface area contributed by atoms with Gasteiger partial charge in [-0.2, -0.15) is 0 Å². The number of benzene rings is 2. The highest BCUT2D eigenvalue weighted by Crippen LogP contribution is 2.32. The molecule has 0 atom stereocenters. The zero-order valence-electron chi connectivity index (χ0n) is 8.87. The second-order valence-electron chi connectivity index (χ2n) is 3.56. The molecular formula is C12H11NO2S2. The van der Waals surface area contributed by atoms with Gasteiger partial charge in [-0.3, -0.25) is 0 Å². The van der Waals surface area contributed by atoms with Gasteiger partial charge in [0.2, 0.25) is 10.0 Å². The van der Waals surface area contributed by atoms with Gasteiger partial charge >= 0.3 is 0 Å². The highest BCUT2D eigenvalue weighted by Gasteiger charge is 2.16. The lowest BCUT2D eigenvalue weighted by atomic mass is 10.1. The summed E-state index contributed by atoms with van der Waals surface area (Å²) in [5, 5.41) is 5.20. The van der Waals surface area contributed by atoms with E-state index in [-0.39, 0.29) is 4.90 Å². The number of hydrogen-bond donors (Lipinski definition) is 2. The first kappa shape index (κ1) is 12.2. The first-order valence-corrected chi connectivity index (χ1v) is 6.90. The van der Waals surface area contributed by atoms with Gasteiger partial charge in [-0.15, -0.1) is 12.6 Å². The third kappa shape index (κ3) is 2.52. The van der Waals surface area contributed by atoms with Crippen LogP contribution < -0.4 is 5.14 Å². The topological polar surface area (TPSA) is 60.2 Å². The minimum atomic E-state index is -3.75. The summed E-state index contributed by atoms with van der Waals surface area (Å²) in [6.45, 7) is 0.